The lowest BCUT2D eigenvalue weighted by atomic mass is 9.97. The molecule has 2 aromatic rings. The summed E-state index contributed by atoms with van der Waals surface area (Å²) in [4.78, 5) is 13.5. The highest BCUT2D eigenvalue weighted by Crippen LogP contribution is 2.33. The van der Waals surface area contributed by atoms with Crippen molar-refractivity contribution < 1.29 is 22.4 Å². The van der Waals surface area contributed by atoms with E-state index in [1.807, 2.05) is 0 Å². The third-order valence-corrected chi connectivity index (χ3v) is 4.12. The normalized spacial score (nSPS) is 18.7. The third kappa shape index (κ3) is 3.27. The molecule has 0 unspecified atom stereocenters. The van der Waals surface area contributed by atoms with Gasteiger partial charge in [0.1, 0.15) is 11.5 Å². The van der Waals surface area contributed by atoms with Crippen LogP contribution in [0, 0.1) is 11.7 Å². The van der Waals surface area contributed by atoms with Crippen LogP contribution in [0.1, 0.15) is 23.2 Å². The van der Waals surface area contributed by atoms with Crippen molar-refractivity contribution in [2.45, 2.75) is 19.0 Å². The van der Waals surface area contributed by atoms with E-state index in [4.69, 9.17) is 0 Å². The number of carbonyl (C=O) groups excluding carboxylic acids is 1. The molecule has 1 atom stereocenters. The van der Waals surface area contributed by atoms with Crippen molar-refractivity contribution in [3.63, 3.8) is 0 Å². The Kier molecular flexibility index (Phi) is 4.29. The molecular weight excluding hydrogens is 326 g/mol. The summed E-state index contributed by atoms with van der Waals surface area (Å²) in [6.07, 6.45) is -0.986. The van der Waals surface area contributed by atoms with Gasteiger partial charge < -0.3 is 4.90 Å². The zero-order valence-electron chi connectivity index (χ0n) is 12.6. The van der Waals surface area contributed by atoms with Crippen LogP contribution in [-0.4, -0.2) is 39.9 Å². The molecule has 0 bridgehead atoms. The van der Waals surface area contributed by atoms with E-state index in [0.29, 0.717) is 0 Å². The van der Waals surface area contributed by atoms with Gasteiger partial charge in [0.15, 0.2) is 0 Å². The summed E-state index contributed by atoms with van der Waals surface area (Å²) in [5, 5.41) is 3.90. The minimum atomic E-state index is -4.33. The van der Waals surface area contributed by atoms with Crippen molar-refractivity contribution in [1.29, 1.82) is 0 Å². The summed E-state index contributed by atoms with van der Waals surface area (Å²) >= 11 is 0. The van der Waals surface area contributed by atoms with Gasteiger partial charge >= 0.3 is 6.18 Å². The van der Waals surface area contributed by atoms with Gasteiger partial charge in [-0.2, -0.15) is 18.3 Å². The van der Waals surface area contributed by atoms with Gasteiger partial charge in [-0.15, -0.1) is 0 Å². The van der Waals surface area contributed by atoms with Crippen LogP contribution in [0.25, 0.3) is 5.69 Å². The van der Waals surface area contributed by atoms with Crippen molar-refractivity contribution in [1.82, 2.24) is 14.7 Å². The summed E-state index contributed by atoms with van der Waals surface area (Å²) in [5.41, 5.74) is 0.203. The van der Waals surface area contributed by atoms with Crippen LogP contribution in [0.3, 0.4) is 0 Å². The van der Waals surface area contributed by atoms with Crippen molar-refractivity contribution >= 4 is 5.91 Å². The number of likely N-dealkylation sites (tertiary alicyclic amines) is 1. The number of nitrogens with zero attached hydrogens (tertiary/aromatic N) is 3. The first kappa shape index (κ1) is 16.5. The summed E-state index contributed by atoms with van der Waals surface area (Å²) in [7, 11) is 0. The molecule has 3 rings (SSSR count). The molecule has 1 aliphatic rings. The van der Waals surface area contributed by atoms with E-state index in [1.165, 1.54) is 23.0 Å². The Morgan fingerprint density at radius 1 is 1.29 bits per heavy atom. The Morgan fingerprint density at radius 3 is 2.71 bits per heavy atom. The molecule has 24 heavy (non-hydrogen) atoms. The molecule has 1 aliphatic heterocycles. The highest BCUT2D eigenvalue weighted by Gasteiger charge is 2.42. The first-order chi connectivity index (χ1) is 11.4. The van der Waals surface area contributed by atoms with Crippen LogP contribution in [0.4, 0.5) is 17.6 Å². The molecule has 4 nitrogen and oxygen atoms in total. The molecule has 1 amide bonds. The van der Waals surface area contributed by atoms with Gasteiger partial charge in [-0.1, -0.05) is 0 Å². The SMILES string of the molecule is O=C(c1ccc(-n2cccn2)c(F)c1)N1CCC[C@@H](C(F)(F)F)C1. The zero-order chi connectivity index (χ0) is 17.3. The highest BCUT2D eigenvalue weighted by molar-refractivity contribution is 5.94. The topological polar surface area (TPSA) is 38.1 Å². The third-order valence-electron chi connectivity index (χ3n) is 4.12. The maximum Gasteiger partial charge on any atom is 0.393 e. The van der Waals surface area contributed by atoms with Crippen LogP contribution in [-0.2, 0) is 0 Å². The molecule has 0 aliphatic carbocycles. The minimum absolute atomic E-state index is 0.0138. The van der Waals surface area contributed by atoms with E-state index in [0.717, 1.165) is 11.0 Å². The van der Waals surface area contributed by atoms with Crippen molar-refractivity contribution in [2.24, 2.45) is 5.92 Å². The molecule has 1 aromatic heterocycles. The lowest BCUT2D eigenvalue weighted by Gasteiger charge is -2.33. The van der Waals surface area contributed by atoms with Crippen LogP contribution >= 0.6 is 0 Å². The average molecular weight is 341 g/mol. The quantitative estimate of drug-likeness (QED) is 0.785. The van der Waals surface area contributed by atoms with Crippen molar-refractivity contribution in [2.75, 3.05) is 13.1 Å². The molecule has 128 valence electrons. The lowest BCUT2D eigenvalue weighted by Crippen LogP contribution is -2.44. The number of piperidine rings is 1. The highest BCUT2D eigenvalue weighted by atomic mass is 19.4. The largest absolute Gasteiger partial charge is 0.393 e. The number of alkyl halides is 3. The number of hydrogen-bond donors (Lipinski definition) is 0. The predicted octanol–water partition coefficient (Wildman–Crippen LogP) is 3.43. The Labute approximate surface area is 135 Å². The van der Waals surface area contributed by atoms with Gasteiger partial charge in [-0.05, 0) is 37.1 Å². The second-order valence-corrected chi connectivity index (χ2v) is 5.75. The molecule has 1 fully saturated rings. The van der Waals surface area contributed by atoms with E-state index in [2.05, 4.69) is 5.10 Å². The Hall–Kier alpha value is -2.38. The summed E-state index contributed by atoms with van der Waals surface area (Å²) in [6.45, 7) is -0.140. The zero-order valence-corrected chi connectivity index (χ0v) is 12.6. The fraction of sp³-hybridized carbons (Fsp3) is 0.375. The number of carbonyl (C=O) groups is 1. The molecule has 0 spiro atoms. The van der Waals surface area contributed by atoms with Crippen molar-refractivity contribution in [3.8, 4) is 5.69 Å². The molecule has 0 saturated carbocycles. The van der Waals surface area contributed by atoms with E-state index < -0.39 is 23.8 Å². The van der Waals surface area contributed by atoms with Crippen LogP contribution < -0.4 is 0 Å². The van der Waals surface area contributed by atoms with Gasteiger partial charge in [0.25, 0.3) is 5.91 Å². The van der Waals surface area contributed by atoms with E-state index in [-0.39, 0.29) is 37.2 Å². The second kappa shape index (κ2) is 6.26. The van der Waals surface area contributed by atoms with Crippen LogP contribution in [0.5, 0.6) is 0 Å². The Bertz CT molecular complexity index is 727. The Morgan fingerprint density at radius 2 is 2.08 bits per heavy atom. The minimum Gasteiger partial charge on any atom is -0.338 e. The smallest absolute Gasteiger partial charge is 0.338 e. The van der Waals surface area contributed by atoms with Crippen LogP contribution in [0.15, 0.2) is 36.7 Å². The molecule has 0 N–H and O–H groups in total. The van der Waals surface area contributed by atoms with Gasteiger partial charge in [-0.3, -0.25) is 4.79 Å². The van der Waals surface area contributed by atoms with E-state index in [9.17, 15) is 22.4 Å². The molecule has 0 radical (unpaired) electrons. The fourth-order valence-electron chi connectivity index (χ4n) is 2.85. The first-order valence-corrected chi connectivity index (χ1v) is 7.52. The van der Waals surface area contributed by atoms with Gasteiger partial charge in [-0.25, -0.2) is 9.07 Å². The van der Waals surface area contributed by atoms with Gasteiger partial charge in [0, 0.05) is 31.0 Å². The lowest BCUT2D eigenvalue weighted by molar-refractivity contribution is -0.184. The van der Waals surface area contributed by atoms with Gasteiger partial charge in [0.2, 0.25) is 0 Å². The van der Waals surface area contributed by atoms with E-state index in [1.54, 1.807) is 12.3 Å². The maximum atomic E-state index is 14.2. The molecule has 8 heteroatoms. The molecule has 1 saturated heterocycles. The molecule has 2 heterocycles. The number of amides is 1. The van der Waals surface area contributed by atoms with Crippen molar-refractivity contribution in [3.05, 3.63) is 48.0 Å². The fourth-order valence-corrected chi connectivity index (χ4v) is 2.85. The van der Waals surface area contributed by atoms with Gasteiger partial charge in [0.05, 0.1) is 5.92 Å². The monoisotopic (exact) mass is 341 g/mol. The van der Waals surface area contributed by atoms with E-state index >= 15 is 0 Å². The standard InChI is InChI=1S/C16H15F4N3O/c17-13-9-11(4-5-14(13)23-8-2-6-21-23)15(24)22-7-1-3-12(10-22)16(18,19)20/h2,4-6,8-9,12H,1,3,7,10H2/t12-/m1/s1. The first-order valence-electron chi connectivity index (χ1n) is 7.52. The number of rotatable bonds is 2. The van der Waals surface area contributed by atoms with Crippen LogP contribution in [0.2, 0.25) is 0 Å². The summed E-state index contributed by atoms with van der Waals surface area (Å²) in [5.74, 6) is -2.77. The summed E-state index contributed by atoms with van der Waals surface area (Å²) < 4.78 is 54.0. The maximum absolute atomic E-state index is 14.2. The Balaban J connectivity index is 1.79. The molecule has 1 aromatic carbocycles. The number of hydrogen-bond acceptors (Lipinski definition) is 2. The number of halogens is 4. The number of aromatic nitrogens is 2. The summed E-state index contributed by atoms with van der Waals surface area (Å²) in [6, 6.07) is 5.46. The number of benzene rings is 1. The average Bonchev–Trinajstić information content (AvgIpc) is 3.07. The predicted molar refractivity (Wildman–Crippen MR) is 78.2 cm³/mol. The second-order valence-electron chi connectivity index (χ2n) is 5.75. The molecular formula is C16H15F4N3O.